The molecule has 11 heteroatoms. The van der Waals surface area contributed by atoms with E-state index in [1.54, 1.807) is 0 Å². The maximum Gasteiger partial charge on any atom is 0.472 e. The second-order valence-corrected chi connectivity index (χ2v) is 17.7. The molecule has 0 amide bonds. The molecule has 0 heterocycles. The molecule has 0 aromatic rings. The molecule has 0 spiro atoms. The summed E-state index contributed by atoms with van der Waals surface area (Å²) >= 11 is 0. The van der Waals surface area contributed by atoms with Crippen molar-refractivity contribution in [3.05, 3.63) is 24.3 Å². The minimum atomic E-state index is -4.62. The Labute approximate surface area is 355 Å². The van der Waals surface area contributed by atoms with E-state index < -0.39 is 45.1 Å². The first kappa shape index (κ1) is 56.5. The number of nitrogens with two attached hydrogens (primary N) is 1. The summed E-state index contributed by atoms with van der Waals surface area (Å²) in [5.74, 6) is -1.77. The third kappa shape index (κ3) is 42.6. The first-order chi connectivity index (χ1) is 28.2. The van der Waals surface area contributed by atoms with Crippen LogP contribution < -0.4 is 5.73 Å². The van der Waals surface area contributed by atoms with Gasteiger partial charge in [-0.25, -0.2) is 4.57 Å². The van der Waals surface area contributed by atoms with Crippen LogP contribution in [0.1, 0.15) is 226 Å². The standard InChI is InChI=1S/C47H90NO9P/c1-3-5-7-9-11-13-15-17-19-21-22-23-25-27-29-31-33-35-37-39-46(49)57-44(42-55-58(52,53)56-43-45(48)47(50)51)41-54-40-38-36-34-32-30-28-26-24-20-18-16-14-12-10-8-6-4-2/h14,16,20,24,44-45H,3-13,15,17-19,21-23,25-43,48H2,1-2H3,(H,50,51)(H,52,53)/b16-14-,24-20-. The number of allylic oxidation sites excluding steroid dienone is 4. The molecular weight excluding hydrogens is 753 g/mol. The van der Waals surface area contributed by atoms with Crippen LogP contribution in [-0.4, -0.2) is 60.5 Å². The summed E-state index contributed by atoms with van der Waals surface area (Å²) in [6.07, 6.45) is 48.0. The average Bonchev–Trinajstić information content (AvgIpc) is 3.20. The molecule has 0 radical (unpaired) electrons. The predicted octanol–water partition coefficient (Wildman–Crippen LogP) is 13.5. The van der Waals surface area contributed by atoms with Crippen LogP contribution >= 0.6 is 7.82 Å². The highest BCUT2D eigenvalue weighted by molar-refractivity contribution is 7.47. The minimum Gasteiger partial charge on any atom is -0.480 e. The van der Waals surface area contributed by atoms with Crippen LogP contribution in [-0.2, 0) is 32.7 Å². The summed E-state index contributed by atoms with van der Waals surface area (Å²) in [6, 6.07) is -1.47. The van der Waals surface area contributed by atoms with Crippen LogP contribution in [0.15, 0.2) is 24.3 Å². The average molecular weight is 844 g/mol. The summed E-state index contributed by atoms with van der Waals surface area (Å²) in [5, 5.41) is 8.91. The number of unbranched alkanes of at least 4 members (excludes halogenated alkanes) is 28. The lowest BCUT2D eigenvalue weighted by atomic mass is 10.0. The zero-order valence-electron chi connectivity index (χ0n) is 37.4. The molecule has 0 aliphatic carbocycles. The van der Waals surface area contributed by atoms with Crippen molar-refractivity contribution in [3.8, 4) is 0 Å². The Hall–Kier alpha value is -1.55. The first-order valence-corrected chi connectivity index (χ1v) is 25.4. The predicted molar refractivity (Wildman–Crippen MR) is 240 cm³/mol. The highest BCUT2D eigenvalue weighted by Crippen LogP contribution is 2.43. The third-order valence-corrected chi connectivity index (χ3v) is 11.4. The van der Waals surface area contributed by atoms with E-state index in [-0.39, 0.29) is 13.0 Å². The Morgan fingerprint density at radius 2 is 0.948 bits per heavy atom. The summed E-state index contributed by atoms with van der Waals surface area (Å²) < 4.78 is 33.4. The molecule has 0 saturated carbocycles. The molecule has 4 N–H and O–H groups in total. The highest BCUT2D eigenvalue weighted by Gasteiger charge is 2.27. The van der Waals surface area contributed by atoms with E-state index >= 15 is 0 Å². The van der Waals surface area contributed by atoms with Crippen LogP contribution in [0.3, 0.4) is 0 Å². The van der Waals surface area contributed by atoms with Gasteiger partial charge in [-0.3, -0.25) is 18.6 Å². The van der Waals surface area contributed by atoms with Crippen molar-refractivity contribution in [2.24, 2.45) is 5.73 Å². The van der Waals surface area contributed by atoms with Gasteiger partial charge in [-0.1, -0.05) is 199 Å². The molecule has 342 valence electrons. The monoisotopic (exact) mass is 844 g/mol. The number of hydrogen-bond donors (Lipinski definition) is 3. The minimum absolute atomic E-state index is 0.0138. The number of carboxylic acid groups (broad SMARTS) is 1. The Bertz CT molecular complexity index is 1020. The van der Waals surface area contributed by atoms with Gasteiger partial charge in [0.05, 0.1) is 19.8 Å². The van der Waals surface area contributed by atoms with E-state index in [1.165, 1.54) is 154 Å². The number of aliphatic carboxylic acids is 1. The highest BCUT2D eigenvalue weighted by atomic mass is 31.2. The van der Waals surface area contributed by atoms with Crippen molar-refractivity contribution < 1.29 is 42.7 Å². The Balaban J connectivity index is 4.17. The summed E-state index contributed by atoms with van der Waals surface area (Å²) in [5.41, 5.74) is 5.36. The van der Waals surface area contributed by atoms with Crippen LogP contribution in [0.25, 0.3) is 0 Å². The van der Waals surface area contributed by atoms with E-state index in [2.05, 4.69) is 38.2 Å². The molecule has 0 bridgehead atoms. The molecule has 0 aliphatic heterocycles. The molecule has 0 aromatic carbocycles. The summed E-state index contributed by atoms with van der Waals surface area (Å²) in [4.78, 5) is 33.6. The van der Waals surface area contributed by atoms with E-state index in [0.29, 0.717) is 13.0 Å². The maximum absolute atomic E-state index is 12.7. The number of carboxylic acids is 1. The quantitative estimate of drug-likeness (QED) is 0.0233. The molecule has 3 atom stereocenters. The lowest BCUT2D eigenvalue weighted by Gasteiger charge is -2.20. The van der Waals surface area contributed by atoms with Gasteiger partial charge in [-0.05, 0) is 44.9 Å². The van der Waals surface area contributed by atoms with E-state index in [9.17, 15) is 19.0 Å². The van der Waals surface area contributed by atoms with Gasteiger partial charge >= 0.3 is 19.8 Å². The second kappa shape index (κ2) is 43.5. The van der Waals surface area contributed by atoms with Crippen LogP contribution in [0.2, 0.25) is 0 Å². The first-order valence-electron chi connectivity index (χ1n) is 23.9. The van der Waals surface area contributed by atoms with Gasteiger partial charge in [0.15, 0.2) is 0 Å². The molecule has 3 unspecified atom stereocenters. The normalized spacial score (nSPS) is 14.0. The largest absolute Gasteiger partial charge is 0.480 e. The van der Waals surface area contributed by atoms with Crippen molar-refractivity contribution in [1.82, 2.24) is 0 Å². The van der Waals surface area contributed by atoms with Crippen molar-refractivity contribution in [2.75, 3.05) is 26.4 Å². The number of carbonyl (C=O) groups excluding carboxylic acids is 1. The van der Waals surface area contributed by atoms with Crippen LogP contribution in [0, 0.1) is 0 Å². The molecule has 0 rings (SSSR count). The summed E-state index contributed by atoms with van der Waals surface area (Å²) in [7, 11) is -4.62. The smallest absolute Gasteiger partial charge is 0.472 e. The van der Waals surface area contributed by atoms with Gasteiger partial charge in [-0.15, -0.1) is 0 Å². The number of rotatable bonds is 46. The van der Waals surface area contributed by atoms with Crippen molar-refractivity contribution >= 4 is 19.8 Å². The Morgan fingerprint density at radius 1 is 0.552 bits per heavy atom. The van der Waals surface area contributed by atoms with Gasteiger partial charge in [0, 0.05) is 13.0 Å². The zero-order chi connectivity index (χ0) is 42.6. The Kier molecular flexibility index (Phi) is 42.4. The van der Waals surface area contributed by atoms with E-state index in [0.717, 1.165) is 44.9 Å². The molecule has 10 nitrogen and oxygen atoms in total. The number of ether oxygens (including phenoxy) is 2. The fourth-order valence-corrected chi connectivity index (χ4v) is 7.53. The molecule has 0 aliphatic rings. The van der Waals surface area contributed by atoms with Gasteiger partial charge in [0.2, 0.25) is 0 Å². The van der Waals surface area contributed by atoms with Crippen molar-refractivity contribution in [2.45, 2.75) is 238 Å². The fraction of sp³-hybridized carbons (Fsp3) is 0.872. The third-order valence-electron chi connectivity index (χ3n) is 10.5. The molecule has 0 saturated heterocycles. The molecule has 0 aromatic heterocycles. The number of carbonyl (C=O) groups is 2. The number of esters is 1. The number of phosphoric ester groups is 1. The van der Waals surface area contributed by atoms with Gasteiger partial charge < -0.3 is 25.2 Å². The zero-order valence-corrected chi connectivity index (χ0v) is 38.3. The molecule has 58 heavy (non-hydrogen) atoms. The molecule has 0 fully saturated rings. The topological polar surface area (TPSA) is 155 Å². The SMILES string of the molecule is CCCCCC/C=C\C/C=C\CCCCCCCCOCC(COP(=O)(O)OCC(N)C(=O)O)OC(=O)CCCCCCCCCCCCCCCCCCCCC. The lowest BCUT2D eigenvalue weighted by molar-refractivity contribution is -0.154. The Morgan fingerprint density at radius 3 is 1.41 bits per heavy atom. The number of phosphoric acid groups is 1. The van der Waals surface area contributed by atoms with E-state index in [1.807, 2.05) is 0 Å². The van der Waals surface area contributed by atoms with Gasteiger partial charge in [0.1, 0.15) is 12.1 Å². The summed E-state index contributed by atoms with van der Waals surface area (Å²) in [6.45, 7) is 3.88. The van der Waals surface area contributed by atoms with E-state index in [4.69, 9.17) is 29.4 Å². The van der Waals surface area contributed by atoms with Gasteiger partial charge in [-0.2, -0.15) is 0 Å². The number of hydrogen-bond acceptors (Lipinski definition) is 8. The van der Waals surface area contributed by atoms with Crippen molar-refractivity contribution in [3.63, 3.8) is 0 Å². The van der Waals surface area contributed by atoms with Crippen LogP contribution in [0.5, 0.6) is 0 Å². The second-order valence-electron chi connectivity index (χ2n) is 16.2. The lowest BCUT2D eigenvalue weighted by Crippen LogP contribution is -2.34. The van der Waals surface area contributed by atoms with Crippen LogP contribution in [0.4, 0.5) is 0 Å². The molecular formula is C47H90NO9P. The van der Waals surface area contributed by atoms with Crippen molar-refractivity contribution in [1.29, 1.82) is 0 Å². The maximum atomic E-state index is 12.7. The van der Waals surface area contributed by atoms with Gasteiger partial charge in [0.25, 0.3) is 0 Å². The fourth-order valence-electron chi connectivity index (χ4n) is 6.75.